The van der Waals surface area contributed by atoms with Gasteiger partial charge in [0.1, 0.15) is 11.5 Å². The summed E-state index contributed by atoms with van der Waals surface area (Å²) in [5.41, 5.74) is 0. The predicted molar refractivity (Wildman–Crippen MR) is 92.3 cm³/mol. The van der Waals surface area contributed by atoms with E-state index in [0.717, 1.165) is 25.7 Å². The Bertz CT molecular complexity index is 381. The first-order chi connectivity index (χ1) is 11.0. The Morgan fingerprint density at radius 3 is 2.13 bits per heavy atom. The maximum atomic E-state index is 10.7. The largest absolute Gasteiger partial charge is 0.511 e. The van der Waals surface area contributed by atoms with Crippen LogP contribution in [0.4, 0.5) is 0 Å². The van der Waals surface area contributed by atoms with Crippen molar-refractivity contribution in [1.82, 2.24) is 10.2 Å². The summed E-state index contributed by atoms with van der Waals surface area (Å²) >= 11 is 0. The van der Waals surface area contributed by atoms with Crippen LogP contribution in [0.1, 0.15) is 58.8 Å². The van der Waals surface area contributed by atoms with E-state index in [4.69, 9.17) is 5.11 Å². The molecule has 0 aliphatic carbocycles. The van der Waals surface area contributed by atoms with Crippen LogP contribution in [-0.2, 0) is 4.79 Å². The number of aliphatic carboxylic acids is 1. The monoisotopic (exact) mass is 328 g/mol. The highest BCUT2D eigenvalue weighted by molar-refractivity contribution is 5.66. The zero-order valence-electron chi connectivity index (χ0n) is 14.4. The molecular weight excluding hydrogens is 296 g/mol. The highest BCUT2D eigenvalue weighted by Gasteiger charge is 2.05. The molecule has 6 heteroatoms. The van der Waals surface area contributed by atoms with E-state index < -0.39 is 5.97 Å². The van der Waals surface area contributed by atoms with E-state index >= 15 is 0 Å². The van der Waals surface area contributed by atoms with Gasteiger partial charge in [-0.2, -0.15) is 0 Å². The first kappa shape index (κ1) is 21.1. The third-order valence-electron chi connectivity index (χ3n) is 3.33. The number of aliphatic hydroxyl groups excluding tert-OH is 2. The molecule has 6 nitrogen and oxygen atoms in total. The molecule has 0 rings (SSSR count). The molecule has 0 atom stereocenters. The fourth-order valence-corrected chi connectivity index (χ4v) is 1.94. The molecular formula is C17H32N2O4. The van der Waals surface area contributed by atoms with Crippen LogP contribution in [0.2, 0.25) is 0 Å². The van der Waals surface area contributed by atoms with Crippen LogP contribution in [0.3, 0.4) is 0 Å². The van der Waals surface area contributed by atoms with Crippen molar-refractivity contribution >= 4 is 5.97 Å². The lowest BCUT2D eigenvalue weighted by Gasteiger charge is -2.20. The molecule has 0 aliphatic rings. The van der Waals surface area contributed by atoms with Crippen LogP contribution in [0.5, 0.6) is 0 Å². The number of rotatable bonds is 14. The van der Waals surface area contributed by atoms with Crippen molar-refractivity contribution in [2.75, 3.05) is 19.6 Å². The van der Waals surface area contributed by atoms with Gasteiger partial charge in [-0.3, -0.25) is 4.79 Å². The highest BCUT2D eigenvalue weighted by Crippen LogP contribution is 2.06. The Labute approximate surface area is 139 Å². The van der Waals surface area contributed by atoms with Gasteiger partial charge in [0.15, 0.2) is 0 Å². The Morgan fingerprint density at radius 1 is 0.957 bits per heavy atom. The van der Waals surface area contributed by atoms with Gasteiger partial charge in [-0.25, -0.2) is 0 Å². The second-order valence-electron chi connectivity index (χ2n) is 5.60. The van der Waals surface area contributed by atoms with Crippen molar-refractivity contribution in [1.29, 1.82) is 0 Å². The number of carbonyl (C=O) groups is 1. The topological polar surface area (TPSA) is 93.0 Å². The van der Waals surface area contributed by atoms with E-state index in [0.29, 0.717) is 38.2 Å². The van der Waals surface area contributed by atoms with Crippen molar-refractivity contribution in [3.05, 3.63) is 23.9 Å². The number of hydrogen-bond acceptors (Lipinski definition) is 5. The molecule has 134 valence electrons. The van der Waals surface area contributed by atoms with E-state index in [-0.39, 0.29) is 12.2 Å². The number of allylic oxidation sites excluding steroid dienone is 2. The molecule has 0 heterocycles. The standard InChI is InChI=1S/C17H32N2O4/c1-3-5-7-15(20)13-18-10-12-19(11-9-17(22)23)14-16(21)8-6-4-2/h13-14,18,20-21H,3-12H2,1-2H3,(H,22,23)/b15-13-,16-14-. The van der Waals surface area contributed by atoms with Crippen molar-refractivity contribution in [2.24, 2.45) is 0 Å². The van der Waals surface area contributed by atoms with Crippen LogP contribution in [-0.4, -0.2) is 45.8 Å². The maximum absolute atomic E-state index is 10.7. The molecule has 0 spiro atoms. The minimum atomic E-state index is -0.860. The average molecular weight is 328 g/mol. The molecule has 0 saturated carbocycles. The summed E-state index contributed by atoms with van der Waals surface area (Å²) in [6.07, 6.45) is 8.38. The molecule has 0 aromatic heterocycles. The van der Waals surface area contributed by atoms with Crippen LogP contribution in [0, 0.1) is 0 Å². The SMILES string of the molecule is CCCC/C(O)=C/NCCN(/C=C(\O)CCCC)CCC(=O)O. The lowest BCUT2D eigenvalue weighted by Crippen LogP contribution is -2.29. The van der Waals surface area contributed by atoms with E-state index in [1.807, 2.05) is 0 Å². The van der Waals surface area contributed by atoms with Gasteiger partial charge in [0.05, 0.1) is 6.42 Å². The molecule has 0 aliphatic heterocycles. The van der Waals surface area contributed by atoms with E-state index in [1.165, 1.54) is 0 Å². The third-order valence-corrected chi connectivity index (χ3v) is 3.33. The van der Waals surface area contributed by atoms with Crippen LogP contribution in [0.15, 0.2) is 23.9 Å². The van der Waals surface area contributed by atoms with Crippen LogP contribution < -0.4 is 5.32 Å². The third kappa shape index (κ3) is 13.5. The zero-order chi connectivity index (χ0) is 17.5. The summed E-state index contributed by atoms with van der Waals surface area (Å²) in [5.74, 6) is -0.259. The predicted octanol–water partition coefficient (Wildman–Crippen LogP) is 3.53. The Hall–Kier alpha value is -1.85. The Kier molecular flexibility index (Phi) is 12.7. The smallest absolute Gasteiger partial charge is 0.305 e. The van der Waals surface area contributed by atoms with Gasteiger partial charge in [0.25, 0.3) is 0 Å². The van der Waals surface area contributed by atoms with Gasteiger partial charge >= 0.3 is 5.97 Å². The molecule has 0 aromatic rings. The first-order valence-electron chi connectivity index (χ1n) is 8.46. The van der Waals surface area contributed by atoms with Crippen molar-refractivity contribution in [3.8, 4) is 0 Å². The number of carboxylic acid groups (broad SMARTS) is 1. The Balaban J connectivity index is 4.32. The lowest BCUT2D eigenvalue weighted by atomic mass is 10.2. The maximum Gasteiger partial charge on any atom is 0.305 e. The highest BCUT2D eigenvalue weighted by atomic mass is 16.4. The van der Waals surface area contributed by atoms with E-state index in [9.17, 15) is 15.0 Å². The molecule has 0 radical (unpaired) electrons. The molecule has 0 aromatic carbocycles. The molecule has 4 N–H and O–H groups in total. The van der Waals surface area contributed by atoms with Gasteiger partial charge < -0.3 is 25.5 Å². The summed E-state index contributed by atoms with van der Waals surface area (Å²) in [6.45, 7) is 5.59. The number of nitrogens with one attached hydrogen (secondary N) is 1. The molecule has 0 fully saturated rings. The molecule has 23 heavy (non-hydrogen) atoms. The van der Waals surface area contributed by atoms with Gasteiger partial charge in [0, 0.05) is 44.9 Å². The van der Waals surface area contributed by atoms with Gasteiger partial charge in [0.2, 0.25) is 0 Å². The Morgan fingerprint density at radius 2 is 1.57 bits per heavy atom. The quantitative estimate of drug-likeness (QED) is 0.288. The number of aliphatic hydroxyl groups is 2. The summed E-state index contributed by atoms with van der Waals surface area (Å²) in [6, 6.07) is 0. The molecule has 0 bridgehead atoms. The molecule has 0 saturated heterocycles. The molecule has 0 unspecified atom stereocenters. The van der Waals surface area contributed by atoms with Crippen molar-refractivity contribution in [3.63, 3.8) is 0 Å². The van der Waals surface area contributed by atoms with Gasteiger partial charge in [-0.05, 0) is 12.8 Å². The normalized spacial score (nSPS) is 12.3. The summed E-state index contributed by atoms with van der Waals surface area (Å²) < 4.78 is 0. The van der Waals surface area contributed by atoms with Gasteiger partial charge in [-0.1, -0.05) is 26.7 Å². The van der Waals surface area contributed by atoms with E-state index in [2.05, 4.69) is 19.2 Å². The minimum Gasteiger partial charge on any atom is -0.511 e. The van der Waals surface area contributed by atoms with Crippen molar-refractivity contribution in [2.45, 2.75) is 58.8 Å². The summed E-state index contributed by atoms with van der Waals surface area (Å²) in [5, 5.41) is 31.3. The fraction of sp³-hybridized carbons (Fsp3) is 0.706. The number of hydrogen-bond donors (Lipinski definition) is 4. The fourth-order valence-electron chi connectivity index (χ4n) is 1.94. The minimum absolute atomic E-state index is 0.0230. The van der Waals surface area contributed by atoms with Crippen molar-refractivity contribution < 1.29 is 20.1 Å². The van der Waals surface area contributed by atoms with Gasteiger partial charge in [-0.15, -0.1) is 0 Å². The number of carboxylic acids is 1. The van der Waals surface area contributed by atoms with E-state index in [1.54, 1.807) is 17.3 Å². The number of nitrogens with zero attached hydrogens (tertiary/aromatic N) is 1. The summed E-state index contributed by atoms with van der Waals surface area (Å²) in [4.78, 5) is 12.5. The second-order valence-corrected chi connectivity index (χ2v) is 5.60. The zero-order valence-corrected chi connectivity index (χ0v) is 14.4. The van der Waals surface area contributed by atoms with Crippen LogP contribution in [0.25, 0.3) is 0 Å². The van der Waals surface area contributed by atoms with Crippen LogP contribution >= 0.6 is 0 Å². The average Bonchev–Trinajstić information content (AvgIpc) is 2.52. The molecule has 0 amide bonds. The first-order valence-corrected chi connectivity index (χ1v) is 8.46. The summed E-state index contributed by atoms with van der Waals surface area (Å²) in [7, 11) is 0. The number of unbranched alkanes of at least 4 members (excludes halogenated alkanes) is 2. The lowest BCUT2D eigenvalue weighted by molar-refractivity contribution is -0.137. The second kappa shape index (κ2) is 13.8.